The second-order valence-corrected chi connectivity index (χ2v) is 5.19. The molecule has 3 rings (SSSR count). The first-order valence-electron chi connectivity index (χ1n) is 7.69. The molecule has 26 heavy (non-hydrogen) atoms. The molecule has 0 radical (unpaired) electrons. The number of amides is 2. The van der Waals surface area contributed by atoms with Crippen LogP contribution in [0.25, 0.3) is 0 Å². The van der Waals surface area contributed by atoms with E-state index in [0.717, 1.165) is 0 Å². The van der Waals surface area contributed by atoms with Crippen molar-refractivity contribution in [1.29, 1.82) is 0 Å². The van der Waals surface area contributed by atoms with Gasteiger partial charge in [0.1, 0.15) is 12.3 Å². The summed E-state index contributed by atoms with van der Waals surface area (Å²) in [6.07, 6.45) is 0.516. The number of hydrogen-bond acceptors (Lipinski definition) is 7. The molecule has 2 heterocycles. The van der Waals surface area contributed by atoms with Crippen LogP contribution in [0.3, 0.4) is 0 Å². The normalized spacial score (nSPS) is 14.8. The molecule has 1 atom stereocenters. The van der Waals surface area contributed by atoms with Crippen molar-refractivity contribution in [3.8, 4) is 11.5 Å². The van der Waals surface area contributed by atoms with Gasteiger partial charge in [-0.1, -0.05) is 18.2 Å². The number of hydrazine groups is 1. The summed E-state index contributed by atoms with van der Waals surface area (Å²) in [6.45, 7) is -0.562. The van der Waals surface area contributed by atoms with Crippen molar-refractivity contribution in [1.82, 2.24) is 15.8 Å². The summed E-state index contributed by atoms with van der Waals surface area (Å²) in [5, 5.41) is 0. The quantitative estimate of drug-likeness (QED) is 0.594. The number of ether oxygens (including phenoxy) is 3. The van der Waals surface area contributed by atoms with E-state index in [4.69, 9.17) is 14.2 Å². The average molecular weight is 357 g/mol. The summed E-state index contributed by atoms with van der Waals surface area (Å²) >= 11 is 0. The number of hydrogen-bond donors (Lipinski definition) is 2. The highest BCUT2D eigenvalue weighted by Gasteiger charge is 2.27. The number of nitrogens with one attached hydrogen (secondary N) is 2. The molecule has 0 unspecified atom stereocenters. The lowest BCUT2D eigenvalue weighted by Gasteiger charge is -2.25. The highest BCUT2D eigenvalue weighted by atomic mass is 16.6. The third kappa shape index (κ3) is 4.26. The zero-order valence-corrected chi connectivity index (χ0v) is 13.5. The van der Waals surface area contributed by atoms with E-state index in [-0.39, 0.29) is 12.3 Å². The number of pyridine rings is 1. The molecule has 9 nitrogen and oxygen atoms in total. The Balaban J connectivity index is 1.42. The second kappa shape index (κ2) is 7.97. The summed E-state index contributed by atoms with van der Waals surface area (Å²) in [6, 6.07) is 11.7. The molecule has 134 valence electrons. The summed E-state index contributed by atoms with van der Waals surface area (Å²) in [5.41, 5.74) is 4.41. The van der Waals surface area contributed by atoms with Crippen LogP contribution in [0.15, 0.2) is 48.7 Å². The number of benzene rings is 1. The van der Waals surface area contributed by atoms with E-state index >= 15 is 0 Å². The van der Waals surface area contributed by atoms with Gasteiger partial charge in [0.15, 0.2) is 18.1 Å². The Bertz CT molecular complexity index is 811. The van der Waals surface area contributed by atoms with Gasteiger partial charge in [-0.05, 0) is 24.3 Å². The van der Waals surface area contributed by atoms with E-state index in [0.29, 0.717) is 11.5 Å². The molecule has 0 saturated carbocycles. The smallest absolute Gasteiger partial charge is 0.357 e. The third-order valence-corrected chi connectivity index (χ3v) is 3.33. The average Bonchev–Trinajstić information content (AvgIpc) is 2.70. The molecule has 0 aliphatic carbocycles. The van der Waals surface area contributed by atoms with E-state index in [9.17, 15) is 14.4 Å². The highest BCUT2D eigenvalue weighted by Crippen LogP contribution is 2.30. The van der Waals surface area contributed by atoms with Gasteiger partial charge in [-0.25, -0.2) is 9.78 Å². The van der Waals surface area contributed by atoms with Crippen molar-refractivity contribution in [2.24, 2.45) is 0 Å². The van der Waals surface area contributed by atoms with Crippen molar-refractivity contribution >= 4 is 17.8 Å². The molecule has 1 aromatic carbocycles. The first-order valence-corrected chi connectivity index (χ1v) is 7.69. The van der Waals surface area contributed by atoms with E-state index in [1.165, 1.54) is 12.3 Å². The molecule has 0 fully saturated rings. The molecule has 2 aromatic rings. The van der Waals surface area contributed by atoms with Crippen LogP contribution in [0.2, 0.25) is 0 Å². The molecule has 1 aliphatic rings. The van der Waals surface area contributed by atoms with Gasteiger partial charge in [0.05, 0.1) is 0 Å². The van der Waals surface area contributed by atoms with Crippen LogP contribution in [0.4, 0.5) is 0 Å². The van der Waals surface area contributed by atoms with E-state index in [1.54, 1.807) is 36.4 Å². The van der Waals surface area contributed by atoms with Gasteiger partial charge in [-0.15, -0.1) is 0 Å². The molecule has 2 N–H and O–H groups in total. The summed E-state index contributed by atoms with van der Waals surface area (Å²) < 4.78 is 15.7. The minimum atomic E-state index is -0.915. The first kappa shape index (κ1) is 17.2. The van der Waals surface area contributed by atoms with Crippen LogP contribution < -0.4 is 20.3 Å². The van der Waals surface area contributed by atoms with Crippen LogP contribution >= 0.6 is 0 Å². The van der Waals surface area contributed by atoms with Crippen molar-refractivity contribution < 1.29 is 28.6 Å². The van der Waals surface area contributed by atoms with Crippen molar-refractivity contribution in [2.75, 3.05) is 13.2 Å². The molecule has 2 amide bonds. The van der Waals surface area contributed by atoms with Gasteiger partial charge in [0.2, 0.25) is 6.10 Å². The van der Waals surface area contributed by atoms with Crippen LogP contribution in [0.5, 0.6) is 11.5 Å². The Labute approximate surface area is 148 Å². The van der Waals surface area contributed by atoms with Gasteiger partial charge in [0, 0.05) is 6.20 Å². The maximum absolute atomic E-state index is 12.0. The number of fused-ring (bicyclic) bond motifs is 1. The van der Waals surface area contributed by atoms with Crippen molar-refractivity contribution in [3.63, 3.8) is 0 Å². The van der Waals surface area contributed by atoms with E-state index < -0.39 is 30.5 Å². The van der Waals surface area contributed by atoms with Crippen LogP contribution in [-0.2, 0) is 14.3 Å². The van der Waals surface area contributed by atoms with E-state index in [1.807, 2.05) is 0 Å². The lowest BCUT2D eigenvalue weighted by molar-refractivity contribution is -0.135. The summed E-state index contributed by atoms with van der Waals surface area (Å²) in [5.74, 6) is -1.06. The summed E-state index contributed by atoms with van der Waals surface area (Å²) in [7, 11) is 0. The van der Waals surface area contributed by atoms with Gasteiger partial charge in [0.25, 0.3) is 11.8 Å². The fraction of sp³-hybridized carbons (Fsp3) is 0.176. The monoisotopic (exact) mass is 357 g/mol. The van der Waals surface area contributed by atoms with Gasteiger partial charge < -0.3 is 14.2 Å². The Morgan fingerprint density at radius 3 is 2.62 bits per heavy atom. The second-order valence-electron chi connectivity index (χ2n) is 5.19. The largest absolute Gasteiger partial charge is 0.485 e. The Morgan fingerprint density at radius 2 is 1.85 bits per heavy atom. The Kier molecular flexibility index (Phi) is 5.28. The predicted molar refractivity (Wildman–Crippen MR) is 87.2 cm³/mol. The predicted octanol–water partition coefficient (Wildman–Crippen LogP) is 0.226. The fourth-order valence-electron chi connectivity index (χ4n) is 2.09. The molecular formula is C17H15N3O6. The topological polar surface area (TPSA) is 116 Å². The fourth-order valence-corrected chi connectivity index (χ4v) is 2.09. The first-order chi connectivity index (χ1) is 12.6. The van der Waals surface area contributed by atoms with Gasteiger partial charge >= 0.3 is 5.97 Å². The van der Waals surface area contributed by atoms with Crippen LogP contribution in [-0.4, -0.2) is 42.1 Å². The number of nitrogens with zero attached hydrogens (tertiary/aromatic N) is 1. The molecule has 0 saturated heterocycles. The maximum Gasteiger partial charge on any atom is 0.357 e. The van der Waals surface area contributed by atoms with Crippen molar-refractivity contribution in [3.05, 3.63) is 54.4 Å². The molecule has 0 spiro atoms. The number of carbonyl (C=O) groups is 3. The molecule has 1 aromatic heterocycles. The molecular weight excluding hydrogens is 342 g/mol. The molecule has 9 heteroatoms. The Morgan fingerprint density at radius 1 is 1.08 bits per heavy atom. The van der Waals surface area contributed by atoms with Gasteiger partial charge in [-0.2, -0.15) is 0 Å². The number of esters is 1. The number of rotatable bonds is 4. The standard InChI is InChI=1S/C17H15N3O6/c21-15(10-25-17(23)11-5-3-4-8-18-11)19-20-16(22)14-9-24-12-6-1-2-7-13(12)26-14/h1-8,14H,9-10H2,(H,19,21)(H,20,22)/t14-/m0/s1. The van der Waals surface area contributed by atoms with Crippen LogP contribution in [0.1, 0.15) is 10.5 Å². The van der Waals surface area contributed by atoms with Crippen molar-refractivity contribution in [2.45, 2.75) is 6.10 Å². The zero-order chi connectivity index (χ0) is 18.4. The lowest BCUT2D eigenvalue weighted by atomic mass is 10.2. The number of aromatic nitrogens is 1. The zero-order valence-electron chi connectivity index (χ0n) is 13.5. The maximum atomic E-state index is 12.0. The number of para-hydroxylation sites is 2. The molecule has 1 aliphatic heterocycles. The van der Waals surface area contributed by atoms with E-state index in [2.05, 4.69) is 15.8 Å². The lowest BCUT2D eigenvalue weighted by Crippen LogP contribution is -2.51. The van der Waals surface area contributed by atoms with Crippen LogP contribution in [0, 0.1) is 0 Å². The Hall–Kier alpha value is -3.62. The SMILES string of the molecule is O=C(COC(=O)c1ccccn1)NNC(=O)[C@@H]1COc2ccccc2O1. The minimum Gasteiger partial charge on any atom is -0.485 e. The minimum absolute atomic E-state index is 0.00732. The summed E-state index contributed by atoms with van der Waals surface area (Å²) in [4.78, 5) is 39.2. The van der Waals surface area contributed by atoms with Gasteiger partial charge in [-0.3, -0.25) is 20.4 Å². The highest BCUT2D eigenvalue weighted by molar-refractivity contribution is 5.90. The number of carbonyl (C=O) groups excluding carboxylic acids is 3. The third-order valence-electron chi connectivity index (χ3n) is 3.33. The molecule has 0 bridgehead atoms.